The first-order valence-electron chi connectivity index (χ1n) is 6.11. The van der Waals surface area contributed by atoms with Gasteiger partial charge < -0.3 is 10.5 Å². The lowest BCUT2D eigenvalue weighted by Gasteiger charge is -2.16. The van der Waals surface area contributed by atoms with Crippen molar-refractivity contribution in [3.05, 3.63) is 22.7 Å². The summed E-state index contributed by atoms with van der Waals surface area (Å²) in [6.07, 6.45) is 1.03. The molecule has 0 aliphatic carbocycles. The van der Waals surface area contributed by atoms with Crippen molar-refractivity contribution in [2.45, 2.75) is 25.5 Å². The van der Waals surface area contributed by atoms with E-state index >= 15 is 0 Å². The van der Waals surface area contributed by atoms with Crippen LogP contribution in [0.3, 0.4) is 0 Å². The summed E-state index contributed by atoms with van der Waals surface area (Å²) >= 11 is 3.51. The highest BCUT2D eigenvalue weighted by Gasteiger charge is 2.29. The number of ether oxygens (including phenoxy) is 1. The molecule has 0 saturated carbocycles. The van der Waals surface area contributed by atoms with Gasteiger partial charge in [-0.15, -0.1) is 5.10 Å². The molecular weight excluding hydrogens is 310 g/mol. The van der Waals surface area contributed by atoms with E-state index in [1.54, 1.807) is 0 Å². The quantitative estimate of drug-likeness (QED) is 0.855. The number of halogens is 1. The molecule has 0 radical (unpaired) electrons. The number of aromatic nitrogens is 4. The Labute approximate surface area is 119 Å². The highest BCUT2D eigenvalue weighted by Crippen LogP contribution is 2.33. The van der Waals surface area contributed by atoms with Crippen LogP contribution in [0.25, 0.3) is 11.4 Å². The van der Waals surface area contributed by atoms with Crippen LogP contribution in [-0.4, -0.2) is 32.9 Å². The van der Waals surface area contributed by atoms with Gasteiger partial charge in [-0.1, -0.05) is 15.9 Å². The lowest BCUT2D eigenvalue weighted by molar-refractivity contribution is 0.105. The molecule has 19 heavy (non-hydrogen) atoms. The van der Waals surface area contributed by atoms with E-state index in [0.29, 0.717) is 11.5 Å². The van der Waals surface area contributed by atoms with Crippen molar-refractivity contribution in [2.24, 2.45) is 0 Å². The van der Waals surface area contributed by atoms with Gasteiger partial charge in [0.25, 0.3) is 0 Å². The summed E-state index contributed by atoms with van der Waals surface area (Å²) in [5.41, 5.74) is 7.42. The maximum atomic E-state index is 5.84. The van der Waals surface area contributed by atoms with Crippen LogP contribution in [0.5, 0.6) is 0 Å². The summed E-state index contributed by atoms with van der Waals surface area (Å²) in [6.45, 7) is 2.78. The Morgan fingerprint density at radius 1 is 1.47 bits per heavy atom. The molecule has 1 aliphatic heterocycles. The predicted octanol–water partition coefficient (Wildman–Crippen LogP) is 2.03. The molecule has 1 aromatic carbocycles. The number of nitrogens with two attached hydrogens (primary N) is 1. The molecular formula is C12H14BrN5O. The lowest BCUT2D eigenvalue weighted by Crippen LogP contribution is -2.19. The minimum absolute atomic E-state index is 0.113. The van der Waals surface area contributed by atoms with E-state index in [-0.39, 0.29) is 12.1 Å². The largest absolute Gasteiger partial charge is 0.399 e. The van der Waals surface area contributed by atoms with Crippen molar-refractivity contribution in [1.82, 2.24) is 20.2 Å². The standard InChI is InChI=1S/C12H14BrN5O/c1-7-11(4-5-19-7)18-12(15-16-17-18)9-6-8(14)2-3-10(9)13/h2-3,6-7,11H,4-5,14H2,1H3. The van der Waals surface area contributed by atoms with Crippen LogP contribution in [0.15, 0.2) is 22.7 Å². The molecule has 1 saturated heterocycles. The molecule has 1 aliphatic rings. The third-order valence-electron chi connectivity index (χ3n) is 3.37. The molecule has 7 heteroatoms. The van der Waals surface area contributed by atoms with E-state index in [4.69, 9.17) is 10.5 Å². The van der Waals surface area contributed by atoms with Crippen molar-refractivity contribution in [3.8, 4) is 11.4 Å². The van der Waals surface area contributed by atoms with Crippen molar-refractivity contribution in [3.63, 3.8) is 0 Å². The Morgan fingerprint density at radius 2 is 2.32 bits per heavy atom. The van der Waals surface area contributed by atoms with Crippen LogP contribution in [0.4, 0.5) is 5.69 Å². The second-order valence-electron chi connectivity index (χ2n) is 4.62. The second kappa shape index (κ2) is 4.90. The number of rotatable bonds is 2. The number of nitrogen functional groups attached to an aromatic ring is 1. The first-order chi connectivity index (χ1) is 9.16. The van der Waals surface area contributed by atoms with Gasteiger partial charge in [-0.05, 0) is 42.0 Å². The molecule has 0 spiro atoms. The summed E-state index contributed by atoms with van der Waals surface area (Å²) in [5, 5.41) is 12.0. The number of hydrogen-bond acceptors (Lipinski definition) is 5. The van der Waals surface area contributed by atoms with Gasteiger partial charge in [0, 0.05) is 22.3 Å². The van der Waals surface area contributed by atoms with E-state index in [1.165, 1.54) is 0 Å². The monoisotopic (exact) mass is 323 g/mol. The zero-order chi connectivity index (χ0) is 13.4. The first kappa shape index (κ1) is 12.6. The highest BCUT2D eigenvalue weighted by molar-refractivity contribution is 9.10. The Balaban J connectivity index is 2.06. The molecule has 100 valence electrons. The summed E-state index contributed by atoms with van der Waals surface area (Å²) < 4.78 is 8.33. The predicted molar refractivity (Wildman–Crippen MR) is 74.4 cm³/mol. The Morgan fingerprint density at radius 3 is 3.05 bits per heavy atom. The fourth-order valence-corrected chi connectivity index (χ4v) is 2.77. The number of anilines is 1. The van der Waals surface area contributed by atoms with Gasteiger partial charge in [-0.25, -0.2) is 4.68 Å². The molecule has 2 unspecified atom stereocenters. The average molecular weight is 324 g/mol. The van der Waals surface area contributed by atoms with Crippen molar-refractivity contribution < 1.29 is 4.74 Å². The van der Waals surface area contributed by atoms with Gasteiger partial charge in [0.2, 0.25) is 0 Å². The SMILES string of the molecule is CC1OCCC1n1nnnc1-c1cc(N)ccc1Br. The van der Waals surface area contributed by atoms with Crippen LogP contribution in [0.2, 0.25) is 0 Å². The third-order valence-corrected chi connectivity index (χ3v) is 4.07. The minimum Gasteiger partial charge on any atom is -0.399 e. The zero-order valence-electron chi connectivity index (χ0n) is 10.5. The summed E-state index contributed by atoms with van der Waals surface area (Å²) in [7, 11) is 0. The van der Waals surface area contributed by atoms with Crippen LogP contribution in [-0.2, 0) is 4.74 Å². The van der Waals surface area contributed by atoms with Gasteiger partial charge >= 0.3 is 0 Å². The van der Waals surface area contributed by atoms with Crippen LogP contribution in [0.1, 0.15) is 19.4 Å². The van der Waals surface area contributed by atoms with Gasteiger partial charge in [0.1, 0.15) is 0 Å². The van der Waals surface area contributed by atoms with Crippen molar-refractivity contribution in [1.29, 1.82) is 0 Å². The molecule has 0 bridgehead atoms. The number of hydrogen-bond donors (Lipinski definition) is 1. The number of tetrazole rings is 1. The van der Waals surface area contributed by atoms with Gasteiger partial charge in [-0.3, -0.25) is 0 Å². The molecule has 2 N–H and O–H groups in total. The minimum atomic E-state index is 0.113. The topological polar surface area (TPSA) is 78.8 Å². The van der Waals surface area contributed by atoms with Gasteiger partial charge in [0.05, 0.1) is 12.1 Å². The fraction of sp³-hybridized carbons (Fsp3) is 0.417. The molecule has 2 heterocycles. The van der Waals surface area contributed by atoms with E-state index in [2.05, 4.69) is 31.5 Å². The Hall–Kier alpha value is -1.47. The van der Waals surface area contributed by atoms with E-state index < -0.39 is 0 Å². The normalized spacial score (nSPS) is 22.8. The van der Waals surface area contributed by atoms with E-state index in [0.717, 1.165) is 23.1 Å². The third kappa shape index (κ3) is 2.23. The van der Waals surface area contributed by atoms with Crippen LogP contribution < -0.4 is 5.73 Å². The average Bonchev–Trinajstić information content (AvgIpc) is 3.00. The second-order valence-corrected chi connectivity index (χ2v) is 5.47. The lowest BCUT2D eigenvalue weighted by atomic mass is 10.1. The molecule has 1 aromatic heterocycles. The number of nitrogens with zero attached hydrogens (tertiary/aromatic N) is 4. The Kier molecular flexibility index (Phi) is 3.24. The first-order valence-corrected chi connectivity index (χ1v) is 6.91. The molecule has 0 amide bonds. The molecule has 2 atom stereocenters. The Bertz CT molecular complexity index is 600. The fourth-order valence-electron chi connectivity index (χ4n) is 2.35. The zero-order valence-corrected chi connectivity index (χ0v) is 12.0. The van der Waals surface area contributed by atoms with Crippen molar-refractivity contribution in [2.75, 3.05) is 12.3 Å². The van der Waals surface area contributed by atoms with Gasteiger partial charge in [-0.2, -0.15) is 0 Å². The van der Waals surface area contributed by atoms with Crippen molar-refractivity contribution >= 4 is 21.6 Å². The molecule has 3 rings (SSSR count). The maximum Gasteiger partial charge on any atom is 0.183 e. The molecule has 2 aromatic rings. The van der Waals surface area contributed by atoms with Crippen LogP contribution in [0, 0.1) is 0 Å². The summed E-state index contributed by atoms with van der Waals surface area (Å²) in [5.74, 6) is 0.710. The molecule has 1 fully saturated rings. The van der Waals surface area contributed by atoms with Crippen LogP contribution >= 0.6 is 15.9 Å². The highest BCUT2D eigenvalue weighted by atomic mass is 79.9. The summed E-state index contributed by atoms with van der Waals surface area (Å²) in [4.78, 5) is 0. The smallest absolute Gasteiger partial charge is 0.183 e. The summed E-state index contributed by atoms with van der Waals surface area (Å²) in [6, 6.07) is 5.77. The van der Waals surface area contributed by atoms with E-state index in [1.807, 2.05) is 29.8 Å². The van der Waals surface area contributed by atoms with E-state index in [9.17, 15) is 0 Å². The van der Waals surface area contributed by atoms with Gasteiger partial charge in [0.15, 0.2) is 5.82 Å². The maximum absolute atomic E-state index is 5.84. The number of benzene rings is 1. The molecule has 6 nitrogen and oxygen atoms in total.